The van der Waals surface area contributed by atoms with Crippen molar-refractivity contribution in [1.82, 2.24) is 21.3 Å². The Labute approximate surface area is 198 Å². The Bertz CT molecular complexity index is 1310. The van der Waals surface area contributed by atoms with Gasteiger partial charge in [-0.1, -0.05) is 66.2 Å². The van der Waals surface area contributed by atoms with Gasteiger partial charge in [-0.25, -0.2) is 16.3 Å². The highest BCUT2D eigenvalue weighted by Gasteiger charge is 2.31. The molecule has 34 heavy (non-hydrogen) atoms. The largest absolute Gasteiger partial charge is 0.489 e. The Balaban J connectivity index is 1.19. The van der Waals surface area contributed by atoms with E-state index in [1.54, 1.807) is 6.21 Å². The number of aryl methyl sites for hydroxylation is 1. The lowest BCUT2D eigenvalue weighted by Gasteiger charge is -2.16. The molecule has 2 unspecified atom stereocenters. The van der Waals surface area contributed by atoms with Crippen LogP contribution in [0.3, 0.4) is 0 Å². The van der Waals surface area contributed by atoms with E-state index in [1.807, 2.05) is 54.7 Å². The average molecular weight is 454 g/mol. The van der Waals surface area contributed by atoms with E-state index in [0.29, 0.717) is 13.0 Å². The zero-order valence-electron chi connectivity index (χ0n) is 18.9. The Morgan fingerprint density at radius 3 is 2.74 bits per heavy atom. The molecule has 1 aromatic heterocycles. The van der Waals surface area contributed by atoms with Crippen molar-refractivity contribution >= 4 is 23.0 Å². The first-order chi connectivity index (χ1) is 16.7. The van der Waals surface area contributed by atoms with Crippen molar-refractivity contribution < 1.29 is 9.53 Å². The van der Waals surface area contributed by atoms with Crippen LogP contribution in [0.25, 0.3) is 10.9 Å². The molecule has 1 aliphatic rings. The average Bonchev–Trinajstić information content (AvgIpc) is 3.52. The van der Waals surface area contributed by atoms with E-state index in [0.717, 1.165) is 33.3 Å². The number of nitrogens with one attached hydrogen (secondary N) is 4. The molecule has 4 aromatic rings. The van der Waals surface area contributed by atoms with Crippen molar-refractivity contribution in [3.63, 3.8) is 0 Å². The van der Waals surface area contributed by atoms with Gasteiger partial charge in [-0.2, -0.15) is 5.10 Å². The zero-order chi connectivity index (χ0) is 23.3. The summed E-state index contributed by atoms with van der Waals surface area (Å²) in [6.07, 6.45) is 4.11. The molecule has 1 aliphatic heterocycles. The highest BCUT2D eigenvalue weighted by atomic mass is 16.5. The van der Waals surface area contributed by atoms with Crippen LogP contribution in [-0.2, 0) is 11.4 Å². The molecule has 7 nitrogen and oxygen atoms in total. The molecule has 2 atom stereocenters. The summed E-state index contributed by atoms with van der Waals surface area (Å²) in [5.74, 6) is 0.616. The molecule has 1 saturated heterocycles. The van der Waals surface area contributed by atoms with Crippen molar-refractivity contribution in [3.8, 4) is 5.75 Å². The van der Waals surface area contributed by atoms with E-state index < -0.39 is 6.04 Å². The molecule has 3 aromatic carbocycles. The summed E-state index contributed by atoms with van der Waals surface area (Å²) in [5.41, 5.74) is 14.3. The molecule has 0 aliphatic carbocycles. The van der Waals surface area contributed by atoms with Gasteiger partial charge in [0.2, 0.25) is 0 Å². The minimum atomic E-state index is -0.407. The molecule has 172 valence electrons. The minimum Gasteiger partial charge on any atom is -0.489 e. The number of hydrazine groups is 1. The number of carbonyl (C=O) groups is 1. The summed E-state index contributed by atoms with van der Waals surface area (Å²) in [6, 6.07) is 23.7. The number of amides is 1. The first-order valence-electron chi connectivity index (χ1n) is 11.3. The Morgan fingerprint density at radius 2 is 1.85 bits per heavy atom. The second kappa shape index (κ2) is 9.91. The lowest BCUT2D eigenvalue weighted by molar-refractivity contribution is -0.122. The van der Waals surface area contributed by atoms with Crippen LogP contribution < -0.4 is 21.0 Å². The van der Waals surface area contributed by atoms with Crippen LogP contribution in [0.2, 0.25) is 0 Å². The number of rotatable bonds is 7. The fourth-order valence-electron chi connectivity index (χ4n) is 4.12. The van der Waals surface area contributed by atoms with Crippen LogP contribution >= 0.6 is 0 Å². The molecule has 1 fully saturated rings. The molecule has 5 rings (SSSR count). The van der Waals surface area contributed by atoms with Crippen LogP contribution in [0.15, 0.2) is 84.1 Å². The van der Waals surface area contributed by atoms with Gasteiger partial charge in [0.25, 0.3) is 5.91 Å². The molecular weight excluding hydrogens is 426 g/mol. The third-order valence-corrected chi connectivity index (χ3v) is 6.03. The molecule has 2 heterocycles. The van der Waals surface area contributed by atoms with Crippen LogP contribution in [0.4, 0.5) is 0 Å². The predicted molar refractivity (Wildman–Crippen MR) is 133 cm³/mol. The molecule has 0 radical (unpaired) electrons. The van der Waals surface area contributed by atoms with Gasteiger partial charge in [-0.15, -0.1) is 0 Å². The predicted octanol–water partition coefficient (Wildman–Crippen LogP) is 4.11. The fraction of sp³-hybridized carbons (Fsp3) is 0.185. The number of hydrogen-bond donors (Lipinski definition) is 4. The van der Waals surface area contributed by atoms with Gasteiger partial charge in [-0.3, -0.25) is 4.79 Å². The van der Waals surface area contributed by atoms with Crippen molar-refractivity contribution in [1.29, 1.82) is 0 Å². The second-order valence-electron chi connectivity index (χ2n) is 8.47. The number of hydrogen-bond acceptors (Lipinski definition) is 5. The lowest BCUT2D eigenvalue weighted by atomic mass is 10.0. The minimum absolute atomic E-state index is 0.0532. The SMILES string of the molecule is Cc1ccc(COc2ccccc2C2CC(C(=O)N/N=C/c3c[nH]c4ccccc34)NN2)cc1. The number of aromatic amines is 1. The Morgan fingerprint density at radius 1 is 1.06 bits per heavy atom. The van der Waals surface area contributed by atoms with Gasteiger partial charge in [0, 0.05) is 28.2 Å². The third-order valence-electron chi connectivity index (χ3n) is 6.03. The maximum Gasteiger partial charge on any atom is 0.258 e. The Kier molecular flexibility index (Phi) is 6.38. The van der Waals surface area contributed by atoms with Crippen LogP contribution in [0.5, 0.6) is 5.75 Å². The summed E-state index contributed by atoms with van der Waals surface area (Å²) in [6.45, 7) is 2.56. The molecule has 4 N–H and O–H groups in total. The van der Waals surface area contributed by atoms with E-state index >= 15 is 0 Å². The summed E-state index contributed by atoms with van der Waals surface area (Å²) in [7, 11) is 0. The molecule has 0 bridgehead atoms. The van der Waals surface area contributed by atoms with Crippen molar-refractivity contribution in [2.45, 2.75) is 32.0 Å². The number of H-pyrrole nitrogens is 1. The van der Waals surface area contributed by atoms with Crippen LogP contribution in [0.1, 0.15) is 34.7 Å². The number of benzene rings is 3. The summed E-state index contributed by atoms with van der Waals surface area (Å²) in [5, 5.41) is 5.21. The fourth-order valence-corrected chi connectivity index (χ4v) is 4.12. The van der Waals surface area contributed by atoms with Gasteiger partial charge < -0.3 is 9.72 Å². The van der Waals surface area contributed by atoms with Gasteiger partial charge in [-0.05, 0) is 31.0 Å². The third kappa shape index (κ3) is 4.85. The van der Waals surface area contributed by atoms with E-state index in [1.165, 1.54) is 5.56 Å². The molecule has 0 saturated carbocycles. The second-order valence-corrected chi connectivity index (χ2v) is 8.47. The van der Waals surface area contributed by atoms with Crippen LogP contribution in [0, 0.1) is 6.92 Å². The number of carbonyl (C=O) groups excluding carboxylic acids is 1. The monoisotopic (exact) mass is 453 g/mol. The highest BCUT2D eigenvalue weighted by Crippen LogP contribution is 2.30. The van der Waals surface area contributed by atoms with Gasteiger partial charge in [0.05, 0.1) is 12.3 Å². The number of nitrogens with zero attached hydrogens (tertiary/aromatic N) is 1. The van der Waals surface area contributed by atoms with E-state index in [-0.39, 0.29) is 11.9 Å². The summed E-state index contributed by atoms with van der Waals surface area (Å²) < 4.78 is 6.12. The lowest BCUT2D eigenvalue weighted by Crippen LogP contribution is -2.41. The van der Waals surface area contributed by atoms with Gasteiger partial charge in [0.15, 0.2) is 0 Å². The van der Waals surface area contributed by atoms with E-state index in [4.69, 9.17) is 4.74 Å². The number of aromatic nitrogens is 1. The summed E-state index contributed by atoms with van der Waals surface area (Å²) in [4.78, 5) is 15.9. The van der Waals surface area contributed by atoms with E-state index in [9.17, 15) is 4.79 Å². The number of para-hydroxylation sites is 2. The molecule has 1 amide bonds. The first kappa shape index (κ1) is 21.9. The maximum atomic E-state index is 12.7. The standard InChI is InChI=1S/C27H27N5O2/c1-18-10-12-19(13-11-18)17-34-26-9-5-3-7-22(26)24-14-25(31-30-24)27(33)32-29-16-20-15-28-23-8-4-2-6-21(20)23/h2-13,15-16,24-25,28,30-31H,14,17H2,1H3,(H,32,33)/b29-16+. The Hall–Kier alpha value is -3.94. The smallest absolute Gasteiger partial charge is 0.258 e. The van der Waals surface area contributed by atoms with Crippen molar-refractivity contribution in [2.75, 3.05) is 0 Å². The maximum absolute atomic E-state index is 12.7. The zero-order valence-corrected chi connectivity index (χ0v) is 18.9. The van der Waals surface area contributed by atoms with Gasteiger partial charge in [0.1, 0.15) is 18.4 Å². The number of hydrazone groups is 1. The van der Waals surface area contributed by atoms with E-state index in [2.05, 4.69) is 57.6 Å². The van der Waals surface area contributed by atoms with Gasteiger partial charge >= 0.3 is 0 Å². The molecule has 0 spiro atoms. The normalized spacial score (nSPS) is 17.9. The van der Waals surface area contributed by atoms with Crippen molar-refractivity contribution in [3.05, 3.63) is 101 Å². The topological polar surface area (TPSA) is 90.5 Å². The summed E-state index contributed by atoms with van der Waals surface area (Å²) >= 11 is 0. The first-order valence-corrected chi connectivity index (χ1v) is 11.3. The number of fused-ring (bicyclic) bond motifs is 1. The molecular formula is C27H27N5O2. The van der Waals surface area contributed by atoms with Crippen LogP contribution in [-0.4, -0.2) is 23.1 Å². The van der Waals surface area contributed by atoms with Crippen molar-refractivity contribution in [2.24, 2.45) is 5.10 Å². The quantitative estimate of drug-likeness (QED) is 0.250. The molecule has 7 heteroatoms. The number of ether oxygens (including phenoxy) is 1. The highest BCUT2D eigenvalue weighted by molar-refractivity contribution is 5.99.